The molecular weight excluding hydrogens is 441 g/mol. The van der Waals surface area contributed by atoms with E-state index >= 15 is 0 Å². The van der Waals surface area contributed by atoms with Crippen LogP contribution in [0, 0.1) is 0 Å². The fourth-order valence-electron chi connectivity index (χ4n) is 3.11. The van der Waals surface area contributed by atoms with Crippen molar-refractivity contribution in [1.29, 1.82) is 0 Å². The Morgan fingerprint density at radius 1 is 1.21 bits per heavy atom. The van der Waals surface area contributed by atoms with Crippen LogP contribution in [0.4, 0.5) is 0 Å². The van der Waals surface area contributed by atoms with E-state index in [4.69, 9.17) is 32.0 Å². The number of likely N-dealkylation sites (tertiary alicyclic amines) is 1. The molecule has 0 bridgehead atoms. The topological polar surface area (TPSA) is 252 Å². The number of primary amides is 1. The molecule has 11 N–H and O–H groups in total. The van der Waals surface area contributed by atoms with Crippen LogP contribution in [-0.4, -0.2) is 87.4 Å². The van der Waals surface area contributed by atoms with E-state index in [1.807, 2.05) is 0 Å². The van der Waals surface area contributed by atoms with Gasteiger partial charge >= 0.3 is 13.1 Å². The van der Waals surface area contributed by atoms with E-state index in [0.29, 0.717) is 0 Å². The van der Waals surface area contributed by atoms with Crippen LogP contribution >= 0.6 is 0 Å². The van der Waals surface area contributed by atoms with Crippen LogP contribution in [0.25, 0.3) is 0 Å². The summed E-state index contributed by atoms with van der Waals surface area (Å²) in [5, 5.41) is 39.8. The van der Waals surface area contributed by atoms with Gasteiger partial charge in [0, 0.05) is 0 Å². The molecule has 33 heavy (non-hydrogen) atoms. The van der Waals surface area contributed by atoms with Crippen molar-refractivity contribution in [2.75, 3.05) is 13.1 Å². The number of carbonyl (C=O) groups is 4. The number of hydrogen-bond donors (Lipinski definition) is 8. The van der Waals surface area contributed by atoms with Crippen molar-refractivity contribution < 1.29 is 44.2 Å². The molecule has 3 amide bonds. The largest absolute Gasteiger partial charge is 0.507 e. The van der Waals surface area contributed by atoms with Crippen molar-refractivity contribution >= 4 is 30.8 Å². The third-order valence-electron chi connectivity index (χ3n) is 4.88. The second-order valence-corrected chi connectivity index (χ2v) is 7.52. The number of rotatable bonds is 11. The van der Waals surface area contributed by atoms with Crippen molar-refractivity contribution in [3.8, 4) is 11.5 Å². The van der Waals surface area contributed by atoms with Gasteiger partial charge in [-0.2, -0.15) is 0 Å². The Balaban J connectivity index is 1.95. The van der Waals surface area contributed by atoms with Gasteiger partial charge in [0.25, 0.3) is 5.91 Å². The fraction of sp³-hybridized carbons (Fsp3) is 0.444. The lowest BCUT2D eigenvalue weighted by atomic mass is 9.82. The lowest BCUT2D eigenvalue weighted by molar-refractivity contribution is -0.144. The van der Waals surface area contributed by atoms with Gasteiger partial charge < -0.3 is 52.4 Å². The second kappa shape index (κ2) is 11.0. The molecule has 1 fully saturated rings. The molecule has 1 aliphatic heterocycles. The third kappa shape index (κ3) is 6.79. The van der Waals surface area contributed by atoms with E-state index in [-0.39, 0.29) is 37.1 Å². The zero-order chi connectivity index (χ0) is 24.9. The summed E-state index contributed by atoms with van der Waals surface area (Å²) in [5.41, 5.74) is 15.8. The molecule has 1 aromatic carbocycles. The number of hydrogen-bond acceptors (Lipinski definition) is 10. The summed E-state index contributed by atoms with van der Waals surface area (Å²) in [4.78, 5) is 47.9. The number of benzene rings is 1. The number of aryl methyl sites for hydroxylation is 1. The van der Waals surface area contributed by atoms with Crippen LogP contribution in [0.5, 0.6) is 11.5 Å². The van der Waals surface area contributed by atoms with Gasteiger partial charge in [-0.1, -0.05) is 6.07 Å². The molecule has 0 radical (unpaired) electrons. The van der Waals surface area contributed by atoms with Crippen LogP contribution in [0.15, 0.2) is 12.1 Å². The number of carbonyl (C=O) groups excluding carboxylic acids is 3. The van der Waals surface area contributed by atoms with Gasteiger partial charge in [-0.05, 0) is 24.4 Å². The van der Waals surface area contributed by atoms with Crippen molar-refractivity contribution in [2.24, 2.45) is 17.2 Å². The van der Waals surface area contributed by atoms with Gasteiger partial charge in [-0.3, -0.25) is 14.4 Å². The maximum Gasteiger partial charge on any atom is 0.451 e. The highest BCUT2D eigenvalue weighted by atomic mass is 16.5. The minimum atomic E-state index is -1.61. The van der Waals surface area contributed by atoms with Crippen molar-refractivity contribution in [2.45, 2.75) is 37.5 Å². The SMILES string of the molecule is NC(=O)C[C@@H](N)C(=O)N[C@H](N)C(=O)N1CC(Oc2ccc(CCB(O)O)c(O)c2C(=O)O)C1. The summed E-state index contributed by atoms with van der Waals surface area (Å²) in [6, 6.07) is 1.49. The molecule has 15 heteroatoms. The lowest BCUT2D eigenvalue weighted by Gasteiger charge is -2.40. The van der Waals surface area contributed by atoms with Crippen molar-refractivity contribution in [3.05, 3.63) is 23.3 Å². The van der Waals surface area contributed by atoms with Gasteiger partial charge in [0.2, 0.25) is 11.8 Å². The quantitative estimate of drug-likeness (QED) is 0.116. The predicted octanol–water partition coefficient (Wildman–Crippen LogP) is -3.70. The lowest BCUT2D eigenvalue weighted by Crippen LogP contribution is -2.64. The van der Waals surface area contributed by atoms with Gasteiger partial charge in [-0.25, -0.2) is 4.79 Å². The van der Waals surface area contributed by atoms with Crippen LogP contribution in [0.2, 0.25) is 6.32 Å². The zero-order valence-corrected chi connectivity index (χ0v) is 17.5. The van der Waals surface area contributed by atoms with Gasteiger partial charge in [0.05, 0.1) is 25.6 Å². The maximum absolute atomic E-state index is 12.3. The van der Waals surface area contributed by atoms with E-state index in [1.54, 1.807) is 0 Å². The molecule has 0 aromatic heterocycles. The first-order chi connectivity index (χ1) is 15.4. The number of carboxylic acids is 1. The number of ether oxygens (including phenoxy) is 1. The first-order valence-electron chi connectivity index (χ1n) is 9.90. The van der Waals surface area contributed by atoms with Gasteiger partial charge in [-0.15, -0.1) is 0 Å². The van der Waals surface area contributed by atoms with E-state index in [1.165, 1.54) is 17.0 Å². The Hall–Kier alpha value is -3.40. The Morgan fingerprint density at radius 2 is 1.85 bits per heavy atom. The van der Waals surface area contributed by atoms with E-state index in [2.05, 4.69) is 5.32 Å². The van der Waals surface area contributed by atoms with Gasteiger partial charge in [0.1, 0.15) is 23.2 Å². The summed E-state index contributed by atoms with van der Waals surface area (Å²) in [7, 11) is -1.61. The molecule has 14 nitrogen and oxygen atoms in total. The highest BCUT2D eigenvalue weighted by Crippen LogP contribution is 2.34. The molecule has 1 heterocycles. The monoisotopic (exact) mass is 467 g/mol. The minimum Gasteiger partial charge on any atom is -0.507 e. The Kier molecular flexibility index (Phi) is 8.59. The van der Waals surface area contributed by atoms with E-state index in [9.17, 15) is 29.4 Å². The normalized spacial score (nSPS) is 15.2. The molecule has 1 saturated heterocycles. The van der Waals surface area contributed by atoms with Crippen LogP contribution in [0.3, 0.4) is 0 Å². The average molecular weight is 467 g/mol. The average Bonchev–Trinajstić information content (AvgIpc) is 2.67. The molecule has 2 rings (SSSR count). The summed E-state index contributed by atoms with van der Waals surface area (Å²) < 4.78 is 5.59. The van der Waals surface area contributed by atoms with Crippen molar-refractivity contribution in [3.63, 3.8) is 0 Å². The maximum atomic E-state index is 12.3. The highest BCUT2D eigenvalue weighted by molar-refractivity contribution is 6.41. The van der Waals surface area contributed by atoms with Crippen molar-refractivity contribution in [1.82, 2.24) is 10.2 Å². The number of nitrogens with zero attached hydrogens (tertiary/aromatic N) is 1. The number of nitrogens with one attached hydrogen (secondary N) is 1. The number of amides is 3. The molecule has 1 aliphatic rings. The minimum absolute atomic E-state index is 0.0302. The van der Waals surface area contributed by atoms with E-state index < -0.39 is 66.9 Å². The summed E-state index contributed by atoms with van der Waals surface area (Å²) in [6.07, 6.45) is -2.50. The number of aromatic hydroxyl groups is 1. The summed E-state index contributed by atoms with van der Waals surface area (Å²) >= 11 is 0. The molecule has 0 saturated carbocycles. The first-order valence-corrected chi connectivity index (χ1v) is 9.90. The molecule has 0 spiro atoms. The molecular formula is C18H26BN5O9. The molecule has 180 valence electrons. The van der Waals surface area contributed by atoms with Crippen LogP contribution < -0.4 is 27.3 Å². The second-order valence-electron chi connectivity index (χ2n) is 7.52. The van der Waals surface area contributed by atoms with Crippen LogP contribution in [-0.2, 0) is 20.8 Å². The molecule has 1 aromatic rings. The van der Waals surface area contributed by atoms with E-state index in [0.717, 1.165) is 0 Å². The number of carboxylic acid groups (broad SMARTS) is 1. The third-order valence-corrected chi connectivity index (χ3v) is 4.88. The van der Waals surface area contributed by atoms with Crippen LogP contribution in [0.1, 0.15) is 22.3 Å². The Morgan fingerprint density at radius 3 is 2.39 bits per heavy atom. The molecule has 0 aliphatic carbocycles. The molecule has 2 atom stereocenters. The zero-order valence-electron chi connectivity index (χ0n) is 17.5. The summed E-state index contributed by atoms with van der Waals surface area (Å²) in [5.74, 6) is -4.37. The first kappa shape index (κ1) is 25.9. The number of aromatic carboxylic acids is 1. The summed E-state index contributed by atoms with van der Waals surface area (Å²) in [6.45, 7) is 0.0715. The van der Waals surface area contributed by atoms with Gasteiger partial charge in [0.15, 0.2) is 6.17 Å². The predicted molar refractivity (Wildman–Crippen MR) is 113 cm³/mol. The molecule has 0 unspecified atom stereocenters. The standard InChI is InChI=1S/C18H26BN5O9/c20-10(5-12(21)25)16(27)23-15(22)17(28)24-6-9(7-24)33-11-2-1-8(3-4-19(31)32)14(26)13(11)18(29)30/h1-2,9-10,15,26,31-32H,3-7,20,22H2,(H2,21,25)(H,23,27)(H,29,30)/t10-,15+/m1/s1. The smallest absolute Gasteiger partial charge is 0.451 e. The highest BCUT2D eigenvalue weighted by Gasteiger charge is 2.36. The Bertz CT molecular complexity index is 923. The fourth-order valence-corrected chi connectivity index (χ4v) is 3.11. The number of phenols is 1. The number of nitrogens with two attached hydrogens (primary N) is 3. The Labute approximate surface area is 188 Å².